The second-order valence-corrected chi connectivity index (χ2v) is 9.58. The number of urea groups is 1. The molecule has 190 valence electrons. The monoisotopic (exact) mass is 497 g/mol. The van der Waals surface area contributed by atoms with Gasteiger partial charge in [-0.25, -0.2) is 9.48 Å². The van der Waals surface area contributed by atoms with Gasteiger partial charge in [-0.3, -0.25) is 9.69 Å². The lowest BCUT2D eigenvalue weighted by Gasteiger charge is -2.33. The third kappa shape index (κ3) is 4.67. The lowest BCUT2D eigenvalue weighted by atomic mass is 9.83. The number of carboxylic acids is 1. The highest BCUT2D eigenvalue weighted by molar-refractivity contribution is 5.91. The molecule has 3 aromatic carbocycles. The van der Waals surface area contributed by atoms with Gasteiger partial charge in [0.05, 0.1) is 11.9 Å². The lowest BCUT2D eigenvalue weighted by Crippen LogP contribution is -2.43. The average molecular weight is 498 g/mol. The van der Waals surface area contributed by atoms with Gasteiger partial charge in [0.25, 0.3) is 0 Å². The largest absolute Gasteiger partial charge is 0.481 e. The molecule has 5 rings (SSSR count). The Balaban J connectivity index is 1.47. The number of hydrogen-bond donors (Lipinski definition) is 1. The predicted molar refractivity (Wildman–Crippen MR) is 143 cm³/mol. The molecule has 2 amide bonds. The van der Waals surface area contributed by atoms with Gasteiger partial charge in [0, 0.05) is 38.3 Å². The van der Waals surface area contributed by atoms with E-state index in [9.17, 15) is 14.7 Å². The number of rotatable bonds is 6. The first kappa shape index (κ1) is 24.5. The van der Waals surface area contributed by atoms with Crippen LogP contribution in [0.1, 0.15) is 47.1 Å². The molecule has 1 aliphatic rings. The van der Waals surface area contributed by atoms with E-state index in [1.54, 1.807) is 11.9 Å². The number of carbonyl (C=O) groups is 2. The number of hydrogen-bond acceptors (Lipinski definition) is 4. The van der Waals surface area contributed by atoms with Crippen molar-refractivity contribution in [1.82, 2.24) is 19.9 Å². The molecule has 1 aromatic heterocycles. The SMILES string of the molecule is CCn1nnc2c(C)c(C(CC(=O)O)c3ccc4c(c3)CN(C(=O)N(C)c3ccccc3)CC4)ccc21. The molecule has 0 saturated heterocycles. The van der Waals surface area contributed by atoms with E-state index < -0.39 is 5.97 Å². The van der Waals surface area contributed by atoms with E-state index in [1.165, 1.54) is 5.56 Å². The van der Waals surface area contributed by atoms with Crippen LogP contribution in [-0.4, -0.2) is 50.6 Å². The number of fused-ring (bicyclic) bond motifs is 2. The summed E-state index contributed by atoms with van der Waals surface area (Å²) >= 11 is 0. The van der Waals surface area contributed by atoms with Gasteiger partial charge < -0.3 is 10.0 Å². The zero-order valence-corrected chi connectivity index (χ0v) is 21.4. The molecule has 0 bridgehead atoms. The number of aryl methyl sites for hydroxylation is 2. The molecule has 8 nitrogen and oxygen atoms in total. The van der Waals surface area contributed by atoms with E-state index in [0.717, 1.165) is 45.4 Å². The molecule has 0 fully saturated rings. The van der Waals surface area contributed by atoms with Crippen LogP contribution in [0.25, 0.3) is 11.0 Å². The smallest absolute Gasteiger partial charge is 0.324 e. The minimum absolute atomic E-state index is 0.0353. The molecule has 0 aliphatic carbocycles. The van der Waals surface area contributed by atoms with Gasteiger partial charge >= 0.3 is 12.0 Å². The van der Waals surface area contributed by atoms with Crippen LogP contribution < -0.4 is 4.90 Å². The summed E-state index contributed by atoms with van der Waals surface area (Å²) in [5.41, 5.74) is 7.66. The Labute approximate surface area is 216 Å². The number of benzene rings is 3. The van der Waals surface area contributed by atoms with Gasteiger partial charge in [0.2, 0.25) is 0 Å². The summed E-state index contributed by atoms with van der Waals surface area (Å²) in [6.45, 7) is 5.85. The van der Waals surface area contributed by atoms with Crippen LogP contribution in [0, 0.1) is 6.92 Å². The summed E-state index contributed by atoms with van der Waals surface area (Å²) in [6, 6.07) is 19.7. The van der Waals surface area contributed by atoms with Gasteiger partial charge in [-0.05, 0) is 66.3 Å². The maximum absolute atomic E-state index is 13.2. The number of carbonyl (C=O) groups excluding carboxylic acids is 1. The van der Waals surface area contributed by atoms with Crippen LogP contribution in [0.15, 0.2) is 60.7 Å². The van der Waals surface area contributed by atoms with Crippen molar-refractivity contribution in [2.24, 2.45) is 0 Å². The lowest BCUT2D eigenvalue weighted by molar-refractivity contribution is -0.137. The number of anilines is 1. The van der Waals surface area contributed by atoms with Crippen LogP contribution in [0.4, 0.5) is 10.5 Å². The molecular formula is C29H31N5O3. The Kier molecular flexibility index (Phi) is 6.65. The Morgan fingerprint density at radius 2 is 1.86 bits per heavy atom. The van der Waals surface area contributed by atoms with Gasteiger partial charge in [-0.1, -0.05) is 47.7 Å². The van der Waals surface area contributed by atoms with Crippen LogP contribution in [0.2, 0.25) is 0 Å². The summed E-state index contributed by atoms with van der Waals surface area (Å²) in [4.78, 5) is 28.7. The highest BCUT2D eigenvalue weighted by Gasteiger charge is 2.27. The van der Waals surface area contributed by atoms with Gasteiger partial charge in [-0.15, -0.1) is 5.10 Å². The molecule has 0 saturated carbocycles. The molecule has 1 unspecified atom stereocenters. The fourth-order valence-corrected chi connectivity index (χ4v) is 5.31. The summed E-state index contributed by atoms with van der Waals surface area (Å²) < 4.78 is 1.84. The standard InChI is InChI=1S/C29H31N5O3/c1-4-34-26-13-12-24(19(2)28(26)30-31-34)25(17-27(35)36)21-11-10-20-14-15-33(18-22(20)16-21)29(37)32(3)23-8-6-5-7-9-23/h5-13,16,25H,4,14-15,17-18H2,1-3H3,(H,35,36). The molecule has 1 N–H and O–H groups in total. The van der Waals surface area contributed by atoms with E-state index in [1.807, 2.05) is 72.0 Å². The van der Waals surface area contributed by atoms with Crippen LogP contribution in [0.5, 0.6) is 0 Å². The number of aliphatic carboxylic acids is 1. The first-order chi connectivity index (χ1) is 17.9. The Hall–Kier alpha value is -4.20. The van der Waals surface area contributed by atoms with Crippen molar-refractivity contribution in [2.75, 3.05) is 18.5 Å². The Morgan fingerprint density at radius 3 is 2.59 bits per heavy atom. The molecular weight excluding hydrogens is 466 g/mol. The molecule has 0 radical (unpaired) electrons. The number of para-hydroxylation sites is 1. The number of nitrogens with zero attached hydrogens (tertiary/aromatic N) is 5. The third-order valence-corrected chi connectivity index (χ3v) is 7.38. The normalized spacial score (nSPS) is 13.9. The van der Waals surface area contributed by atoms with Crippen molar-refractivity contribution in [3.05, 3.63) is 88.5 Å². The van der Waals surface area contributed by atoms with Crippen molar-refractivity contribution in [1.29, 1.82) is 0 Å². The number of amides is 2. The number of aromatic nitrogens is 3. The van der Waals surface area contributed by atoms with E-state index in [-0.39, 0.29) is 18.4 Å². The molecule has 37 heavy (non-hydrogen) atoms. The minimum Gasteiger partial charge on any atom is -0.481 e. The third-order valence-electron chi connectivity index (χ3n) is 7.38. The van der Waals surface area contributed by atoms with E-state index in [4.69, 9.17) is 0 Å². The zero-order valence-electron chi connectivity index (χ0n) is 21.4. The molecule has 4 aromatic rings. The second kappa shape index (κ2) is 10.0. The topological polar surface area (TPSA) is 91.6 Å². The Morgan fingerprint density at radius 1 is 1.08 bits per heavy atom. The summed E-state index contributed by atoms with van der Waals surface area (Å²) in [6.07, 6.45) is 0.727. The minimum atomic E-state index is -0.860. The molecule has 2 heterocycles. The zero-order chi connectivity index (χ0) is 26.1. The van der Waals surface area contributed by atoms with Crippen LogP contribution >= 0.6 is 0 Å². The molecule has 8 heteroatoms. The molecule has 0 spiro atoms. The maximum atomic E-state index is 13.2. The van der Waals surface area contributed by atoms with Gasteiger partial charge in [0.15, 0.2) is 0 Å². The molecule has 1 aliphatic heterocycles. The van der Waals surface area contributed by atoms with Gasteiger partial charge in [-0.2, -0.15) is 0 Å². The highest BCUT2D eigenvalue weighted by Crippen LogP contribution is 2.35. The summed E-state index contributed by atoms with van der Waals surface area (Å²) in [7, 11) is 1.79. The van der Waals surface area contributed by atoms with Crippen molar-refractivity contribution >= 4 is 28.7 Å². The van der Waals surface area contributed by atoms with E-state index >= 15 is 0 Å². The summed E-state index contributed by atoms with van der Waals surface area (Å²) in [5.74, 6) is -1.20. The van der Waals surface area contributed by atoms with Crippen LogP contribution in [-0.2, 0) is 24.3 Å². The fourth-order valence-electron chi connectivity index (χ4n) is 5.31. The van der Waals surface area contributed by atoms with Crippen LogP contribution in [0.3, 0.4) is 0 Å². The van der Waals surface area contributed by atoms with E-state index in [0.29, 0.717) is 19.6 Å². The maximum Gasteiger partial charge on any atom is 0.324 e. The fraction of sp³-hybridized carbons (Fsp3) is 0.310. The van der Waals surface area contributed by atoms with Crippen molar-refractivity contribution < 1.29 is 14.7 Å². The van der Waals surface area contributed by atoms with Crippen molar-refractivity contribution in [3.8, 4) is 0 Å². The first-order valence-electron chi connectivity index (χ1n) is 12.6. The van der Waals surface area contributed by atoms with Gasteiger partial charge in [0.1, 0.15) is 5.52 Å². The first-order valence-corrected chi connectivity index (χ1v) is 12.6. The van der Waals surface area contributed by atoms with Crippen molar-refractivity contribution in [2.45, 2.75) is 45.7 Å². The highest BCUT2D eigenvalue weighted by atomic mass is 16.4. The second-order valence-electron chi connectivity index (χ2n) is 9.58. The Bertz CT molecular complexity index is 1460. The predicted octanol–water partition coefficient (Wildman–Crippen LogP) is 4.98. The van der Waals surface area contributed by atoms with Crippen molar-refractivity contribution in [3.63, 3.8) is 0 Å². The number of carboxylic acid groups (broad SMARTS) is 1. The quantitative estimate of drug-likeness (QED) is 0.406. The van der Waals surface area contributed by atoms with E-state index in [2.05, 4.69) is 22.4 Å². The average Bonchev–Trinajstić information content (AvgIpc) is 3.35. The molecule has 1 atom stereocenters. The summed E-state index contributed by atoms with van der Waals surface area (Å²) in [5, 5.41) is 18.4.